The Hall–Kier alpha value is -3.24. The number of nitrogens with one attached hydrogen (secondary N) is 1. The average molecular weight is 535 g/mol. The molecule has 2 aromatic rings. The van der Waals surface area contributed by atoms with Crippen LogP contribution in [0, 0.1) is 11.6 Å². The predicted molar refractivity (Wildman–Crippen MR) is 143 cm³/mol. The molecule has 0 unspecified atom stereocenters. The van der Waals surface area contributed by atoms with Crippen LogP contribution in [0.4, 0.5) is 13.6 Å². The third-order valence-corrected chi connectivity index (χ3v) is 6.05. The van der Waals surface area contributed by atoms with Crippen molar-refractivity contribution in [2.45, 2.75) is 58.2 Å². The van der Waals surface area contributed by atoms with Gasteiger partial charge in [-0.2, -0.15) is 0 Å². The van der Waals surface area contributed by atoms with Crippen LogP contribution >= 0.6 is 0 Å². The molecule has 0 fully saturated rings. The number of hydrogen-bond acceptors (Lipinski definition) is 5. The van der Waals surface area contributed by atoms with Crippen molar-refractivity contribution in [2.75, 3.05) is 33.3 Å². The quantitative estimate of drug-likeness (QED) is 0.324. The number of benzene rings is 2. The smallest absolute Gasteiger partial charge is 0.317 e. The molecule has 0 aromatic heterocycles. The van der Waals surface area contributed by atoms with Crippen molar-refractivity contribution in [1.82, 2.24) is 15.1 Å². The average Bonchev–Trinajstić information content (AvgIpc) is 2.87. The second kappa shape index (κ2) is 15.9. The maximum Gasteiger partial charge on any atom is 0.317 e. The normalized spacial score (nSPS) is 12.5. The van der Waals surface area contributed by atoms with Crippen LogP contribution in [0.3, 0.4) is 0 Å². The molecular weight excluding hydrogens is 494 g/mol. The van der Waals surface area contributed by atoms with E-state index in [-0.39, 0.29) is 38.4 Å². The van der Waals surface area contributed by atoms with Gasteiger partial charge in [-0.05, 0) is 54.7 Å². The van der Waals surface area contributed by atoms with E-state index in [2.05, 4.69) is 5.32 Å². The minimum atomic E-state index is -1.18. The summed E-state index contributed by atoms with van der Waals surface area (Å²) in [4.78, 5) is 28.9. The van der Waals surface area contributed by atoms with Gasteiger partial charge in [-0.25, -0.2) is 13.6 Å². The summed E-state index contributed by atoms with van der Waals surface area (Å²) in [6, 6.07) is 8.90. The summed E-state index contributed by atoms with van der Waals surface area (Å²) in [7, 11) is 1.54. The van der Waals surface area contributed by atoms with Gasteiger partial charge in [0.1, 0.15) is 17.4 Å². The number of ether oxygens (including phenoxy) is 1. The second-order valence-electron chi connectivity index (χ2n) is 9.31. The van der Waals surface area contributed by atoms with Gasteiger partial charge in [0.2, 0.25) is 5.91 Å². The molecule has 3 amide bonds. The van der Waals surface area contributed by atoms with E-state index < -0.39 is 29.8 Å². The van der Waals surface area contributed by atoms with Gasteiger partial charge in [-0.3, -0.25) is 4.79 Å². The minimum Gasteiger partial charge on any atom is -0.497 e. The van der Waals surface area contributed by atoms with Gasteiger partial charge in [-0.15, -0.1) is 0 Å². The lowest BCUT2D eigenvalue weighted by molar-refractivity contribution is -0.131. The summed E-state index contributed by atoms with van der Waals surface area (Å²) in [6.07, 6.45) is 0.707. The molecule has 0 heterocycles. The molecule has 210 valence electrons. The number of carbonyl (C=O) groups is 2. The van der Waals surface area contributed by atoms with Crippen LogP contribution in [-0.2, 0) is 17.8 Å². The number of nitrogens with zero attached hydrogens (tertiary/aromatic N) is 2. The van der Waals surface area contributed by atoms with E-state index in [4.69, 9.17) is 10.5 Å². The predicted octanol–water partition coefficient (Wildman–Crippen LogP) is 3.45. The summed E-state index contributed by atoms with van der Waals surface area (Å²) in [5, 5.41) is 13.6. The first-order valence-corrected chi connectivity index (χ1v) is 13.0. The molecule has 2 rings (SSSR count). The Morgan fingerprint density at radius 2 is 1.68 bits per heavy atom. The van der Waals surface area contributed by atoms with Crippen molar-refractivity contribution in [3.63, 3.8) is 0 Å². The lowest BCUT2D eigenvalue weighted by atomic mass is 10.0. The van der Waals surface area contributed by atoms with Gasteiger partial charge in [0.25, 0.3) is 0 Å². The maximum absolute atomic E-state index is 13.6. The molecular formula is C28H40F2N4O4. The fourth-order valence-corrected chi connectivity index (χ4v) is 4.16. The van der Waals surface area contributed by atoms with Gasteiger partial charge in [-0.1, -0.05) is 26.0 Å². The molecule has 0 saturated heterocycles. The third kappa shape index (κ3) is 10.3. The minimum absolute atomic E-state index is 0.0175. The van der Waals surface area contributed by atoms with E-state index in [1.54, 1.807) is 30.2 Å². The zero-order valence-electron chi connectivity index (χ0n) is 22.5. The van der Waals surface area contributed by atoms with Crippen LogP contribution in [0.5, 0.6) is 5.75 Å². The van der Waals surface area contributed by atoms with Crippen molar-refractivity contribution in [2.24, 2.45) is 5.73 Å². The first kappa shape index (κ1) is 31.0. The number of methoxy groups -OCH3 is 1. The standard InChI is InChI=1S/C28H40F2N4O4/c1-4-11-33(12-5-2)27(36)9-10-32-28(37)34(18-20-7-6-8-24(15-20)38-3)19-26(35)25(31)16-21-13-22(29)17-23(30)14-21/h6-8,13-15,17,25-26,35H,4-5,9-12,16,18-19,31H2,1-3H3,(H,32,37)/t25-,26+/m0/s1. The highest BCUT2D eigenvalue weighted by Gasteiger charge is 2.23. The lowest BCUT2D eigenvalue weighted by Crippen LogP contribution is -2.49. The first-order valence-electron chi connectivity index (χ1n) is 13.0. The summed E-state index contributed by atoms with van der Waals surface area (Å²) >= 11 is 0. The van der Waals surface area contributed by atoms with Crippen LogP contribution in [0.1, 0.15) is 44.2 Å². The number of urea groups is 1. The van der Waals surface area contributed by atoms with E-state index in [1.165, 1.54) is 4.90 Å². The monoisotopic (exact) mass is 534 g/mol. The number of carbonyl (C=O) groups excluding carboxylic acids is 2. The number of aliphatic hydroxyl groups is 1. The maximum atomic E-state index is 13.6. The van der Waals surface area contributed by atoms with E-state index in [0.717, 1.165) is 36.6 Å². The lowest BCUT2D eigenvalue weighted by Gasteiger charge is -2.29. The molecule has 2 aromatic carbocycles. The topological polar surface area (TPSA) is 108 Å². The fourth-order valence-electron chi connectivity index (χ4n) is 4.16. The Balaban J connectivity index is 2.08. The fraction of sp³-hybridized carbons (Fsp3) is 0.500. The number of rotatable bonds is 15. The number of amides is 3. The van der Waals surface area contributed by atoms with E-state index in [9.17, 15) is 23.5 Å². The van der Waals surface area contributed by atoms with Crippen LogP contribution in [0.15, 0.2) is 42.5 Å². The SMILES string of the molecule is CCCN(CCC)C(=O)CCNC(=O)N(Cc1cccc(OC)c1)C[C@@H](O)[C@@H](N)Cc1cc(F)cc(F)c1. The van der Waals surface area contributed by atoms with Crippen molar-refractivity contribution < 1.29 is 28.2 Å². The number of hydrogen-bond donors (Lipinski definition) is 3. The number of aliphatic hydroxyl groups excluding tert-OH is 1. The van der Waals surface area contributed by atoms with E-state index in [1.807, 2.05) is 19.9 Å². The Morgan fingerprint density at radius 1 is 1.03 bits per heavy atom. The van der Waals surface area contributed by atoms with E-state index >= 15 is 0 Å². The van der Waals surface area contributed by atoms with Crippen molar-refractivity contribution in [3.05, 3.63) is 65.2 Å². The summed E-state index contributed by atoms with van der Waals surface area (Å²) in [5.41, 5.74) is 7.21. The number of nitrogens with two attached hydrogens (primary N) is 1. The highest BCUT2D eigenvalue weighted by Crippen LogP contribution is 2.16. The molecule has 0 bridgehead atoms. The Bertz CT molecular complexity index is 1010. The molecule has 0 radical (unpaired) electrons. The van der Waals surface area contributed by atoms with Crippen LogP contribution in [0.25, 0.3) is 0 Å². The molecule has 2 atom stereocenters. The van der Waals surface area contributed by atoms with Crippen LogP contribution in [0.2, 0.25) is 0 Å². The van der Waals surface area contributed by atoms with Gasteiger partial charge in [0, 0.05) is 44.7 Å². The highest BCUT2D eigenvalue weighted by atomic mass is 19.1. The molecule has 8 nitrogen and oxygen atoms in total. The molecule has 10 heteroatoms. The molecule has 0 saturated carbocycles. The molecule has 0 spiro atoms. The van der Waals surface area contributed by atoms with Crippen LogP contribution < -0.4 is 15.8 Å². The van der Waals surface area contributed by atoms with Crippen LogP contribution in [-0.4, -0.2) is 72.3 Å². The van der Waals surface area contributed by atoms with Crippen molar-refractivity contribution >= 4 is 11.9 Å². The molecule has 0 aliphatic heterocycles. The molecule has 0 aliphatic rings. The second-order valence-corrected chi connectivity index (χ2v) is 9.31. The molecule has 0 aliphatic carbocycles. The molecule has 38 heavy (non-hydrogen) atoms. The van der Waals surface area contributed by atoms with Crippen molar-refractivity contribution in [1.29, 1.82) is 0 Å². The Labute approximate surface area is 223 Å². The summed E-state index contributed by atoms with van der Waals surface area (Å²) < 4.78 is 32.4. The third-order valence-electron chi connectivity index (χ3n) is 6.05. The summed E-state index contributed by atoms with van der Waals surface area (Å²) in [6.45, 7) is 5.51. The first-order chi connectivity index (χ1) is 18.2. The van der Waals surface area contributed by atoms with Gasteiger partial charge in [0.15, 0.2) is 0 Å². The zero-order valence-corrected chi connectivity index (χ0v) is 22.5. The van der Waals surface area contributed by atoms with Crippen molar-refractivity contribution in [3.8, 4) is 5.75 Å². The Kier molecular flexibility index (Phi) is 12.9. The molecule has 4 N–H and O–H groups in total. The number of halogens is 2. The highest BCUT2D eigenvalue weighted by molar-refractivity contribution is 5.78. The summed E-state index contributed by atoms with van der Waals surface area (Å²) in [5.74, 6) is -0.873. The Morgan fingerprint density at radius 3 is 2.29 bits per heavy atom. The zero-order chi connectivity index (χ0) is 28.1. The van der Waals surface area contributed by atoms with Gasteiger partial charge in [0.05, 0.1) is 19.8 Å². The van der Waals surface area contributed by atoms with E-state index in [0.29, 0.717) is 24.4 Å². The van der Waals surface area contributed by atoms with Gasteiger partial charge >= 0.3 is 6.03 Å². The largest absolute Gasteiger partial charge is 0.497 e. The van der Waals surface area contributed by atoms with Gasteiger partial charge < -0.3 is 30.7 Å².